The van der Waals surface area contributed by atoms with Gasteiger partial charge in [-0.2, -0.15) is 0 Å². The van der Waals surface area contributed by atoms with Crippen LogP contribution in [0.2, 0.25) is 0 Å². The molecule has 118 valence electrons. The fourth-order valence-electron chi connectivity index (χ4n) is 2.02. The second kappa shape index (κ2) is 7.13. The van der Waals surface area contributed by atoms with E-state index < -0.39 is 0 Å². The quantitative estimate of drug-likeness (QED) is 0.816. The maximum Gasteiger partial charge on any atom is 0.219 e. The van der Waals surface area contributed by atoms with Gasteiger partial charge in [0.15, 0.2) is 0 Å². The number of benzene rings is 1. The van der Waals surface area contributed by atoms with E-state index >= 15 is 0 Å². The fourth-order valence-corrected chi connectivity index (χ4v) is 2.02. The molecule has 1 heterocycles. The zero-order chi connectivity index (χ0) is 16.1. The van der Waals surface area contributed by atoms with E-state index in [-0.39, 0.29) is 17.8 Å². The highest BCUT2D eigenvalue weighted by molar-refractivity contribution is 5.72. The van der Waals surface area contributed by atoms with Gasteiger partial charge in [0, 0.05) is 21.1 Å². The van der Waals surface area contributed by atoms with Crippen molar-refractivity contribution in [2.24, 2.45) is 0 Å². The molecule has 0 aliphatic heterocycles. The monoisotopic (exact) mass is 306 g/mol. The summed E-state index contributed by atoms with van der Waals surface area (Å²) in [7, 11) is 3.30. The molecule has 1 amide bonds. The van der Waals surface area contributed by atoms with E-state index in [0.29, 0.717) is 18.8 Å². The summed E-state index contributed by atoms with van der Waals surface area (Å²) in [6.45, 7) is 2.36. The molecule has 2 aromatic rings. The third-order valence-electron chi connectivity index (χ3n) is 3.40. The van der Waals surface area contributed by atoms with E-state index in [1.807, 2.05) is 0 Å². The van der Waals surface area contributed by atoms with Crippen LogP contribution in [0.1, 0.15) is 24.3 Å². The Kier molecular flexibility index (Phi) is 5.21. The second-order valence-corrected chi connectivity index (χ2v) is 5.08. The highest BCUT2D eigenvalue weighted by atomic mass is 19.1. The Hall–Kier alpha value is -2.28. The first-order valence-electron chi connectivity index (χ1n) is 6.88. The summed E-state index contributed by atoms with van der Waals surface area (Å²) >= 11 is 0. The minimum absolute atomic E-state index is 0.0318. The maximum absolute atomic E-state index is 13.0. The molecule has 22 heavy (non-hydrogen) atoms. The van der Waals surface area contributed by atoms with Crippen molar-refractivity contribution in [1.82, 2.24) is 19.9 Å². The predicted molar refractivity (Wildman–Crippen MR) is 78.3 cm³/mol. The molecule has 6 nitrogen and oxygen atoms in total. The van der Waals surface area contributed by atoms with Gasteiger partial charge in [0.1, 0.15) is 17.6 Å². The Balaban J connectivity index is 2.04. The van der Waals surface area contributed by atoms with E-state index in [1.165, 1.54) is 19.1 Å². The third-order valence-corrected chi connectivity index (χ3v) is 3.40. The molecule has 1 aromatic carbocycles. The van der Waals surface area contributed by atoms with Gasteiger partial charge in [-0.3, -0.25) is 4.79 Å². The van der Waals surface area contributed by atoms with Crippen LogP contribution in [-0.4, -0.2) is 40.0 Å². The summed E-state index contributed by atoms with van der Waals surface area (Å²) in [4.78, 5) is 12.8. The van der Waals surface area contributed by atoms with Crippen molar-refractivity contribution in [2.75, 3.05) is 14.2 Å². The molecule has 0 N–H and O–H groups in total. The van der Waals surface area contributed by atoms with Gasteiger partial charge in [-0.1, -0.05) is 17.3 Å². The van der Waals surface area contributed by atoms with Crippen molar-refractivity contribution >= 4 is 5.91 Å². The van der Waals surface area contributed by atoms with Crippen molar-refractivity contribution in [3.05, 3.63) is 47.5 Å². The van der Waals surface area contributed by atoms with E-state index in [1.54, 1.807) is 42.1 Å². The molecule has 0 aliphatic rings. The zero-order valence-electron chi connectivity index (χ0n) is 12.9. The summed E-state index contributed by atoms with van der Waals surface area (Å²) in [5, 5.41) is 8.07. The highest BCUT2D eigenvalue weighted by Crippen LogP contribution is 2.19. The molecule has 1 atom stereocenters. The summed E-state index contributed by atoms with van der Waals surface area (Å²) in [6, 6.07) is 6.17. The standard InChI is InChI=1S/C15H19FN4O2/c1-11(21)19(2)8-14-9-20(18-17-14)10-15(22-3)12-4-6-13(16)7-5-12/h4-7,9,15H,8,10H2,1-3H3. The Bertz CT molecular complexity index is 627. The lowest BCUT2D eigenvalue weighted by molar-refractivity contribution is -0.128. The van der Waals surface area contributed by atoms with E-state index in [4.69, 9.17) is 4.74 Å². The molecule has 0 saturated heterocycles. The molecule has 0 spiro atoms. The minimum atomic E-state index is -0.283. The Morgan fingerprint density at radius 2 is 2.09 bits per heavy atom. The van der Waals surface area contributed by atoms with Crippen molar-refractivity contribution in [3.8, 4) is 0 Å². The zero-order valence-corrected chi connectivity index (χ0v) is 12.9. The predicted octanol–water partition coefficient (Wildman–Crippen LogP) is 1.78. The lowest BCUT2D eigenvalue weighted by Crippen LogP contribution is -2.23. The largest absolute Gasteiger partial charge is 0.375 e. The first kappa shape index (κ1) is 16.1. The summed E-state index contributed by atoms with van der Waals surface area (Å²) in [5.41, 5.74) is 1.56. The fraction of sp³-hybridized carbons (Fsp3) is 0.400. The van der Waals surface area contributed by atoms with Gasteiger partial charge in [-0.05, 0) is 17.7 Å². The van der Waals surface area contributed by atoms with Crippen LogP contribution in [-0.2, 0) is 22.6 Å². The Labute approximate surface area is 128 Å². The number of nitrogens with zero attached hydrogens (tertiary/aromatic N) is 4. The van der Waals surface area contributed by atoms with Crippen LogP contribution in [0.15, 0.2) is 30.5 Å². The normalized spacial score (nSPS) is 12.2. The average molecular weight is 306 g/mol. The van der Waals surface area contributed by atoms with Gasteiger partial charge in [-0.25, -0.2) is 9.07 Å². The smallest absolute Gasteiger partial charge is 0.219 e. The van der Waals surface area contributed by atoms with Crippen LogP contribution < -0.4 is 0 Å². The van der Waals surface area contributed by atoms with E-state index in [9.17, 15) is 9.18 Å². The topological polar surface area (TPSA) is 60.2 Å². The number of carbonyl (C=O) groups is 1. The number of carbonyl (C=O) groups excluding carboxylic acids is 1. The maximum atomic E-state index is 13.0. The van der Waals surface area contributed by atoms with Crippen LogP contribution in [0, 0.1) is 5.82 Å². The number of hydrogen-bond donors (Lipinski definition) is 0. The highest BCUT2D eigenvalue weighted by Gasteiger charge is 2.14. The molecule has 7 heteroatoms. The SMILES string of the molecule is COC(Cn1cc(CN(C)C(C)=O)nn1)c1ccc(F)cc1. The molecule has 1 aromatic heterocycles. The number of hydrogen-bond acceptors (Lipinski definition) is 4. The minimum Gasteiger partial charge on any atom is -0.375 e. The molecular formula is C15H19FN4O2. The first-order chi connectivity index (χ1) is 10.5. The number of ether oxygens (including phenoxy) is 1. The first-order valence-corrected chi connectivity index (χ1v) is 6.88. The average Bonchev–Trinajstić information content (AvgIpc) is 2.93. The lowest BCUT2D eigenvalue weighted by Gasteiger charge is -2.15. The molecule has 0 fully saturated rings. The Morgan fingerprint density at radius 1 is 1.41 bits per heavy atom. The second-order valence-electron chi connectivity index (χ2n) is 5.08. The lowest BCUT2D eigenvalue weighted by atomic mass is 10.1. The summed E-state index contributed by atoms with van der Waals surface area (Å²) in [5.74, 6) is -0.315. The summed E-state index contributed by atoms with van der Waals surface area (Å²) < 4.78 is 20.1. The molecule has 1 unspecified atom stereocenters. The van der Waals surface area contributed by atoms with Crippen molar-refractivity contribution in [1.29, 1.82) is 0 Å². The van der Waals surface area contributed by atoms with Crippen LogP contribution in [0.5, 0.6) is 0 Å². The van der Waals surface area contributed by atoms with Gasteiger partial charge in [0.05, 0.1) is 19.3 Å². The number of halogens is 1. The third kappa shape index (κ3) is 4.11. The van der Waals surface area contributed by atoms with E-state index in [2.05, 4.69) is 10.3 Å². The molecule has 0 radical (unpaired) electrons. The molecular weight excluding hydrogens is 287 g/mol. The number of methoxy groups -OCH3 is 1. The van der Waals surface area contributed by atoms with Crippen LogP contribution in [0.4, 0.5) is 4.39 Å². The van der Waals surface area contributed by atoms with E-state index in [0.717, 1.165) is 5.56 Å². The van der Waals surface area contributed by atoms with Gasteiger partial charge in [0.25, 0.3) is 0 Å². The Morgan fingerprint density at radius 3 is 2.68 bits per heavy atom. The van der Waals surface area contributed by atoms with Crippen molar-refractivity contribution in [3.63, 3.8) is 0 Å². The molecule has 0 aliphatic carbocycles. The van der Waals surface area contributed by atoms with Crippen molar-refractivity contribution in [2.45, 2.75) is 26.1 Å². The summed E-state index contributed by atoms with van der Waals surface area (Å²) in [6.07, 6.45) is 1.52. The van der Waals surface area contributed by atoms with Crippen LogP contribution in [0.3, 0.4) is 0 Å². The molecule has 0 bridgehead atoms. The van der Waals surface area contributed by atoms with Gasteiger partial charge >= 0.3 is 0 Å². The number of amides is 1. The van der Waals surface area contributed by atoms with Gasteiger partial charge in [-0.15, -0.1) is 5.10 Å². The molecule has 2 rings (SSSR count). The number of rotatable bonds is 6. The van der Waals surface area contributed by atoms with Crippen LogP contribution >= 0.6 is 0 Å². The number of aromatic nitrogens is 3. The molecule has 0 saturated carbocycles. The van der Waals surface area contributed by atoms with Gasteiger partial charge < -0.3 is 9.64 Å². The van der Waals surface area contributed by atoms with Crippen LogP contribution in [0.25, 0.3) is 0 Å². The van der Waals surface area contributed by atoms with Crippen molar-refractivity contribution < 1.29 is 13.9 Å². The van der Waals surface area contributed by atoms with Gasteiger partial charge in [0.2, 0.25) is 5.91 Å².